The summed E-state index contributed by atoms with van der Waals surface area (Å²) in [5.74, 6) is 0.519. The first-order chi connectivity index (χ1) is 11.9. The van der Waals surface area contributed by atoms with Gasteiger partial charge in [0.25, 0.3) is 0 Å². The minimum atomic E-state index is -1.27. The lowest BCUT2D eigenvalue weighted by Gasteiger charge is -2.39. The van der Waals surface area contributed by atoms with E-state index in [-0.39, 0.29) is 12.2 Å². The van der Waals surface area contributed by atoms with Gasteiger partial charge in [-0.1, -0.05) is 17.7 Å². The Hall–Kier alpha value is -0.890. The van der Waals surface area contributed by atoms with Crippen LogP contribution in [0.4, 0.5) is 0 Å². The highest BCUT2D eigenvalue weighted by molar-refractivity contribution is 6.32. The van der Waals surface area contributed by atoms with Gasteiger partial charge in [-0.05, 0) is 37.5 Å². The first-order valence-corrected chi connectivity index (χ1v) is 8.97. The van der Waals surface area contributed by atoms with Crippen molar-refractivity contribution >= 4 is 11.6 Å². The standard InChI is InChI=1S/C18H25ClO6/c1-9-15(20)16(21)17(22)18(24-9)10-3-6-13(19)14(7-10)25-12-5-4-11(8-12)23-2/h3,6-7,9,11-12,15-18,20-22H,4-5,8H2,1-2H3/t9-,11?,12?,15-,16+,17-,18+/m1/s1. The van der Waals surface area contributed by atoms with Crippen molar-refractivity contribution in [2.75, 3.05) is 7.11 Å². The van der Waals surface area contributed by atoms with Crippen molar-refractivity contribution in [3.05, 3.63) is 28.8 Å². The van der Waals surface area contributed by atoms with Crippen molar-refractivity contribution in [3.8, 4) is 5.75 Å². The molecule has 1 aliphatic carbocycles. The zero-order valence-electron chi connectivity index (χ0n) is 14.3. The zero-order valence-corrected chi connectivity index (χ0v) is 15.1. The van der Waals surface area contributed by atoms with Crippen LogP contribution >= 0.6 is 11.6 Å². The molecule has 140 valence electrons. The number of rotatable bonds is 4. The van der Waals surface area contributed by atoms with E-state index in [2.05, 4.69) is 0 Å². The molecule has 2 aliphatic rings. The molecule has 7 atom stereocenters. The number of halogens is 1. The maximum Gasteiger partial charge on any atom is 0.138 e. The molecule has 0 bridgehead atoms. The SMILES string of the molecule is COC1CCC(Oc2cc([C@@H]3O[C@H](C)[C@@H](O)[C@H](O)[C@H]3O)ccc2Cl)C1. The smallest absolute Gasteiger partial charge is 0.138 e. The number of hydrogen-bond donors (Lipinski definition) is 3. The maximum absolute atomic E-state index is 10.3. The first kappa shape index (κ1) is 18.9. The van der Waals surface area contributed by atoms with Crippen LogP contribution in [0, 0.1) is 0 Å². The molecule has 1 aromatic carbocycles. The molecule has 1 saturated heterocycles. The van der Waals surface area contributed by atoms with E-state index in [1.807, 2.05) is 0 Å². The number of benzene rings is 1. The molecule has 0 spiro atoms. The van der Waals surface area contributed by atoms with Gasteiger partial charge in [0.15, 0.2) is 0 Å². The second-order valence-electron chi connectivity index (χ2n) is 6.83. The van der Waals surface area contributed by atoms with E-state index >= 15 is 0 Å². The maximum atomic E-state index is 10.3. The van der Waals surface area contributed by atoms with Gasteiger partial charge in [0, 0.05) is 13.5 Å². The fourth-order valence-electron chi connectivity index (χ4n) is 3.52. The van der Waals surface area contributed by atoms with Gasteiger partial charge >= 0.3 is 0 Å². The van der Waals surface area contributed by atoms with Crippen molar-refractivity contribution in [2.45, 2.75) is 68.9 Å². The van der Waals surface area contributed by atoms with Crippen molar-refractivity contribution in [1.29, 1.82) is 0 Å². The van der Waals surface area contributed by atoms with E-state index in [9.17, 15) is 15.3 Å². The van der Waals surface area contributed by atoms with Crippen LogP contribution in [-0.2, 0) is 9.47 Å². The Bertz CT molecular complexity index is 597. The monoisotopic (exact) mass is 372 g/mol. The molecule has 1 heterocycles. The molecule has 1 saturated carbocycles. The van der Waals surface area contributed by atoms with Gasteiger partial charge < -0.3 is 29.5 Å². The van der Waals surface area contributed by atoms with Gasteiger partial charge in [-0.3, -0.25) is 0 Å². The van der Waals surface area contributed by atoms with E-state index in [4.69, 9.17) is 25.8 Å². The Morgan fingerprint density at radius 3 is 2.48 bits per heavy atom. The van der Waals surface area contributed by atoms with Crippen molar-refractivity contribution in [2.24, 2.45) is 0 Å². The molecular weight excluding hydrogens is 348 g/mol. The fraction of sp³-hybridized carbons (Fsp3) is 0.667. The van der Waals surface area contributed by atoms with Crippen LogP contribution in [0.2, 0.25) is 5.02 Å². The zero-order chi connectivity index (χ0) is 18.1. The molecule has 0 amide bonds. The molecular formula is C18H25ClO6. The summed E-state index contributed by atoms with van der Waals surface area (Å²) in [6.07, 6.45) is -2.11. The van der Waals surface area contributed by atoms with Gasteiger partial charge in [-0.15, -0.1) is 0 Å². The molecule has 1 aliphatic heterocycles. The summed E-state index contributed by atoms with van der Waals surface area (Å²) in [5.41, 5.74) is 0.644. The first-order valence-electron chi connectivity index (χ1n) is 8.59. The van der Waals surface area contributed by atoms with Crippen molar-refractivity contribution in [1.82, 2.24) is 0 Å². The van der Waals surface area contributed by atoms with Crippen LogP contribution in [0.3, 0.4) is 0 Å². The third-order valence-electron chi connectivity index (χ3n) is 5.10. The largest absolute Gasteiger partial charge is 0.489 e. The number of aliphatic hydroxyl groups is 3. The molecule has 25 heavy (non-hydrogen) atoms. The topological polar surface area (TPSA) is 88.4 Å². The molecule has 0 radical (unpaired) electrons. The summed E-state index contributed by atoms with van der Waals surface area (Å²) >= 11 is 6.25. The van der Waals surface area contributed by atoms with Crippen LogP contribution in [0.5, 0.6) is 5.75 Å². The Balaban J connectivity index is 1.77. The number of ether oxygens (including phenoxy) is 3. The van der Waals surface area contributed by atoms with E-state index in [0.29, 0.717) is 16.3 Å². The average Bonchev–Trinajstić information content (AvgIpc) is 3.06. The van der Waals surface area contributed by atoms with Crippen LogP contribution in [-0.4, -0.2) is 59.1 Å². The summed E-state index contributed by atoms with van der Waals surface area (Å²) in [5, 5.41) is 30.6. The summed E-state index contributed by atoms with van der Waals surface area (Å²) in [6, 6.07) is 5.15. The fourth-order valence-corrected chi connectivity index (χ4v) is 3.68. The summed E-state index contributed by atoms with van der Waals surface area (Å²) in [4.78, 5) is 0. The van der Waals surface area contributed by atoms with E-state index in [0.717, 1.165) is 19.3 Å². The highest BCUT2D eigenvalue weighted by Gasteiger charge is 2.42. The van der Waals surface area contributed by atoms with Crippen molar-refractivity contribution < 1.29 is 29.5 Å². The van der Waals surface area contributed by atoms with E-state index < -0.39 is 30.5 Å². The van der Waals surface area contributed by atoms with Crippen LogP contribution in [0.1, 0.15) is 37.9 Å². The lowest BCUT2D eigenvalue weighted by atomic mass is 9.91. The minimum Gasteiger partial charge on any atom is -0.489 e. The molecule has 2 fully saturated rings. The number of aliphatic hydroxyl groups excluding tert-OH is 3. The Morgan fingerprint density at radius 1 is 1.08 bits per heavy atom. The van der Waals surface area contributed by atoms with Gasteiger partial charge in [0.1, 0.15) is 36.3 Å². The molecule has 7 heteroatoms. The van der Waals surface area contributed by atoms with Gasteiger partial charge in [-0.2, -0.15) is 0 Å². The van der Waals surface area contributed by atoms with E-state index in [1.165, 1.54) is 0 Å². The molecule has 1 aromatic rings. The third kappa shape index (κ3) is 3.94. The number of hydrogen-bond acceptors (Lipinski definition) is 6. The molecule has 3 N–H and O–H groups in total. The van der Waals surface area contributed by atoms with Crippen LogP contribution in [0.25, 0.3) is 0 Å². The predicted octanol–water partition coefficient (Wildman–Crippen LogP) is 1.83. The quantitative estimate of drug-likeness (QED) is 0.747. The third-order valence-corrected chi connectivity index (χ3v) is 5.41. The molecule has 2 unspecified atom stereocenters. The highest BCUT2D eigenvalue weighted by Crippen LogP contribution is 2.37. The molecule has 3 rings (SSSR count). The highest BCUT2D eigenvalue weighted by atomic mass is 35.5. The van der Waals surface area contributed by atoms with Crippen LogP contribution in [0.15, 0.2) is 18.2 Å². The van der Waals surface area contributed by atoms with Crippen molar-refractivity contribution in [3.63, 3.8) is 0 Å². The minimum absolute atomic E-state index is 0.0289. The summed E-state index contributed by atoms with van der Waals surface area (Å²) in [7, 11) is 1.70. The van der Waals surface area contributed by atoms with Crippen LogP contribution < -0.4 is 4.74 Å². The summed E-state index contributed by atoms with van der Waals surface area (Å²) in [6.45, 7) is 1.66. The summed E-state index contributed by atoms with van der Waals surface area (Å²) < 4.78 is 17.1. The second kappa shape index (κ2) is 7.78. The number of methoxy groups -OCH3 is 1. The lowest BCUT2D eigenvalue weighted by Crippen LogP contribution is -2.53. The predicted molar refractivity (Wildman–Crippen MR) is 91.8 cm³/mol. The molecule has 6 nitrogen and oxygen atoms in total. The van der Waals surface area contributed by atoms with Gasteiger partial charge in [0.05, 0.1) is 17.2 Å². The Kier molecular flexibility index (Phi) is 5.88. The normalized spacial score (nSPS) is 38.7. The van der Waals surface area contributed by atoms with Gasteiger partial charge in [-0.25, -0.2) is 0 Å². The molecule has 0 aromatic heterocycles. The second-order valence-corrected chi connectivity index (χ2v) is 7.24. The average molecular weight is 373 g/mol. The van der Waals surface area contributed by atoms with Gasteiger partial charge in [0.2, 0.25) is 0 Å². The Labute approximate surface area is 152 Å². The van der Waals surface area contributed by atoms with E-state index in [1.54, 1.807) is 32.2 Å². The Morgan fingerprint density at radius 2 is 1.80 bits per heavy atom. The lowest BCUT2D eigenvalue weighted by molar-refractivity contribution is -0.219.